The van der Waals surface area contributed by atoms with Gasteiger partial charge in [0.15, 0.2) is 0 Å². The van der Waals surface area contributed by atoms with E-state index in [4.69, 9.17) is 15.6 Å². The van der Waals surface area contributed by atoms with Crippen molar-refractivity contribution in [3.8, 4) is 0 Å². The molecule has 0 aliphatic rings. The lowest BCUT2D eigenvalue weighted by Gasteiger charge is -2.27. The average Bonchev–Trinajstić information content (AvgIpc) is 2.34. The van der Waals surface area contributed by atoms with Crippen LogP contribution in [0.4, 0.5) is 4.79 Å². The smallest absolute Gasteiger partial charge is 0.408 e. The molecule has 0 aliphatic heterocycles. The number of hydrogen-bond donors (Lipinski definition) is 3. The number of alkyl carbamates (subject to hydrolysis) is 1. The van der Waals surface area contributed by atoms with E-state index in [1.165, 1.54) is 0 Å². The summed E-state index contributed by atoms with van der Waals surface area (Å²) in [6.45, 7) is 5.25. The first-order chi connectivity index (χ1) is 9.69. The Morgan fingerprint density at radius 3 is 2.33 bits per heavy atom. The highest BCUT2D eigenvalue weighted by molar-refractivity contribution is 5.70. The summed E-state index contributed by atoms with van der Waals surface area (Å²) in [5.41, 5.74) is 6.01. The molecule has 4 N–H and O–H groups in total. The number of aliphatic carboxylic acids is 1. The Hall–Kier alpha value is -2.08. The molecule has 0 spiro atoms. The third-order valence-corrected chi connectivity index (χ3v) is 2.67. The predicted molar refractivity (Wildman–Crippen MR) is 78.8 cm³/mol. The second-order valence-electron chi connectivity index (χ2n) is 5.80. The maximum absolute atomic E-state index is 11.9. The SMILES string of the molecule is CC(C)(C)OC(=O)NC(c1ccccc1)C(N)CC(=O)O. The van der Waals surface area contributed by atoms with Crippen LogP contribution in [0.15, 0.2) is 30.3 Å². The van der Waals surface area contributed by atoms with Gasteiger partial charge >= 0.3 is 12.1 Å². The van der Waals surface area contributed by atoms with E-state index in [-0.39, 0.29) is 6.42 Å². The standard InChI is InChI=1S/C15H22N2O4/c1-15(2,3)21-14(20)17-13(11(16)9-12(18)19)10-7-5-4-6-8-10/h4-8,11,13H,9,16H2,1-3H3,(H,17,20)(H,18,19). The summed E-state index contributed by atoms with van der Waals surface area (Å²) >= 11 is 0. The normalized spacial score (nSPS) is 14.1. The van der Waals surface area contributed by atoms with E-state index < -0.39 is 29.7 Å². The number of ether oxygens (including phenoxy) is 1. The number of amides is 1. The lowest BCUT2D eigenvalue weighted by Crippen LogP contribution is -2.44. The number of benzene rings is 1. The molecule has 1 rings (SSSR count). The highest BCUT2D eigenvalue weighted by Crippen LogP contribution is 2.19. The van der Waals surface area contributed by atoms with E-state index >= 15 is 0 Å². The quantitative estimate of drug-likeness (QED) is 0.771. The minimum Gasteiger partial charge on any atom is -0.481 e. The molecule has 116 valence electrons. The Bertz CT molecular complexity index is 482. The first-order valence-electron chi connectivity index (χ1n) is 6.71. The molecule has 2 atom stereocenters. The zero-order chi connectivity index (χ0) is 16.0. The molecule has 1 aromatic rings. The lowest BCUT2D eigenvalue weighted by atomic mass is 9.98. The van der Waals surface area contributed by atoms with Crippen molar-refractivity contribution in [2.75, 3.05) is 0 Å². The molecule has 0 saturated carbocycles. The van der Waals surface area contributed by atoms with Crippen molar-refractivity contribution in [2.24, 2.45) is 5.73 Å². The third-order valence-electron chi connectivity index (χ3n) is 2.67. The van der Waals surface area contributed by atoms with Gasteiger partial charge in [0.1, 0.15) is 5.60 Å². The first kappa shape index (κ1) is 17.0. The topological polar surface area (TPSA) is 102 Å². The van der Waals surface area contributed by atoms with Crippen LogP contribution in [0.2, 0.25) is 0 Å². The highest BCUT2D eigenvalue weighted by atomic mass is 16.6. The van der Waals surface area contributed by atoms with Gasteiger partial charge in [0.05, 0.1) is 12.5 Å². The second kappa shape index (κ2) is 7.08. The van der Waals surface area contributed by atoms with Gasteiger partial charge in [0, 0.05) is 6.04 Å². The zero-order valence-corrected chi connectivity index (χ0v) is 12.5. The Kier molecular flexibility index (Phi) is 5.72. The number of carbonyl (C=O) groups excluding carboxylic acids is 1. The van der Waals surface area contributed by atoms with Crippen molar-refractivity contribution < 1.29 is 19.4 Å². The molecule has 0 aromatic heterocycles. The Labute approximate surface area is 124 Å². The maximum Gasteiger partial charge on any atom is 0.408 e. The minimum atomic E-state index is -1.02. The fourth-order valence-corrected chi connectivity index (χ4v) is 1.85. The molecule has 6 nitrogen and oxygen atoms in total. The molecule has 0 aliphatic carbocycles. The summed E-state index contributed by atoms with van der Waals surface area (Å²) in [5, 5.41) is 11.5. The molecule has 21 heavy (non-hydrogen) atoms. The summed E-state index contributed by atoms with van der Waals surface area (Å²) in [4.78, 5) is 22.7. The van der Waals surface area contributed by atoms with Crippen molar-refractivity contribution in [1.82, 2.24) is 5.32 Å². The minimum absolute atomic E-state index is 0.255. The lowest BCUT2D eigenvalue weighted by molar-refractivity contribution is -0.137. The molecule has 0 fully saturated rings. The van der Waals surface area contributed by atoms with Gasteiger partial charge in [-0.1, -0.05) is 30.3 Å². The fourth-order valence-electron chi connectivity index (χ4n) is 1.85. The summed E-state index contributed by atoms with van der Waals surface area (Å²) in [7, 11) is 0. The van der Waals surface area contributed by atoms with Gasteiger partial charge in [0.2, 0.25) is 0 Å². The highest BCUT2D eigenvalue weighted by Gasteiger charge is 2.26. The predicted octanol–water partition coefficient (Wildman–Crippen LogP) is 2.05. The van der Waals surface area contributed by atoms with E-state index in [1.54, 1.807) is 45.0 Å². The number of nitrogens with two attached hydrogens (primary N) is 1. The Morgan fingerprint density at radius 1 is 1.29 bits per heavy atom. The van der Waals surface area contributed by atoms with Gasteiger partial charge in [-0.25, -0.2) is 4.79 Å². The molecular weight excluding hydrogens is 272 g/mol. The van der Waals surface area contributed by atoms with Crippen molar-refractivity contribution in [2.45, 2.75) is 44.9 Å². The number of hydrogen-bond acceptors (Lipinski definition) is 4. The van der Waals surface area contributed by atoms with Crippen LogP contribution in [0.1, 0.15) is 38.8 Å². The monoisotopic (exact) mass is 294 g/mol. The molecular formula is C15H22N2O4. The van der Waals surface area contributed by atoms with E-state index in [0.29, 0.717) is 0 Å². The van der Waals surface area contributed by atoms with Crippen LogP contribution in [0.5, 0.6) is 0 Å². The van der Waals surface area contributed by atoms with Gasteiger partial charge in [-0.3, -0.25) is 4.79 Å². The van der Waals surface area contributed by atoms with E-state index in [9.17, 15) is 9.59 Å². The fraction of sp³-hybridized carbons (Fsp3) is 0.467. The van der Waals surface area contributed by atoms with E-state index in [0.717, 1.165) is 5.56 Å². The average molecular weight is 294 g/mol. The molecule has 2 unspecified atom stereocenters. The summed E-state index contributed by atoms with van der Waals surface area (Å²) in [6, 6.07) is 7.61. The van der Waals surface area contributed by atoms with Crippen LogP contribution < -0.4 is 11.1 Å². The molecule has 0 saturated heterocycles. The summed E-state index contributed by atoms with van der Waals surface area (Å²) in [6.07, 6.45) is -0.882. The zero-order valence-electron chi connectivity index (χ0n) is 12.5. The van der Waals surface area contributed by atoms with Gasteiger partial charge in [-0.2, -0.15) is 0 Å². The van der Waals surface area contributed by atoms with Gasteiger partial charge in [-0.05, 0) is 26.3 Å². The van der Waals surface area contributed by atoms with Gasteiger partial charge < -0.3 is 20.9 Å². The third kappa shape index (κ3) is 6.27. The number of carbonyl (C=O) groups is 2. The Balaban J connectivity index is 2.87. The molecule has 6 heteroatoms. The van der Waals surface area contributed by atoms with Crippen LogP contribution in [0.25, 0.3) is 0 Å². The maximum atomic E-state index is 11.9. The Morgan fingerprint density at radius 2 is 1.86 bits per heavy atom. The largest absolute Gasteiger partial charge is 0.481 e. The van der Waals surface area contributed by atoms with Crippen LogP contribution in [0, 0.1) is 0 Å². The second-order valence-corrected chi connectivity index (χ2v) is 5.80. The number of rotatable bonds is 5. The van der Waals surface area contributed by atoms with Crippen molar-refractivity contribution >= 4 is 12.1 Å². The number of carboxylic acid groups (broad SMARTS) is 1. The van der Waals surface area contributed by atoms with Crippen LogP contribution in [-0.2, 0) is 9.53 Å². The summed E-state index contributed by atoms with van der Waals surface area (Å²) in [5.74, 6) is -1.02. The van der Waals surface area contributed by atoms with Crippen LogP contribution in [0.3, 0.4) is 0 Å². The van der Waals surface area contributed by atoms with Crippen LogP contribution >= 0.6 is 0 Å². The molecule has 0 bridgehead atoms. The van der Waals surface area contributed by atoms with Crippen molar-refractivity contribution in [1.29, 1.82) is 0 Å². The van der Waals surface area contributed by atoms with Crippen molar-refractivity contribution in [3.63, 3.8) is 0 Å². The van der Waals surface area contributed by atoms with E-state index in [2.05, 4.69) is 5.32 Å². The number of carboxylic acids is 1. The number of nitrogens with one attached hydrogen (secondary N) is 1. The van der Waals surface area contributed by atoms with E-state index in [1.807, 2.05) is 6.07 Å². The van der Waals surface area contributed by atoms with Gasteiger partial charge in [0.25, 0.3) is 0 Å². The van der Waals surface area contributed by atoms with Gasteiger partial charge in [-0.15, -0.1) is 0 Å². The first-order valence-corrected chi connectivity index (χ1v) is 6.71. The molecule has 0 heterocycles. The molecule has 0 radical (unpaired) electrons. The van der Waals surface area contributed by atoms with Crippen LogP contribution in [-0.4, -0.2) is 28.8 Å². The summed E-state index contributed by atoms with van der Waals surface area (Å²) < 4.78 is 5.19. The molecule has 1 aromatic carbocycles. The molecule has 1 amide bonds. The van der Waals surface area contributed by atoms with Crippen molar-refractivity contribution in [3.05, 3.63) is 35.9 Å².